The molecule has 0 atom stereocenters. The van der Waals surface area contributed by atoms with E-state index in [9.17, 15) is 18.4 Å². The van der Waals surface area contributed by atoms with Gasteiger partial charge in [-0.05, 0) is 18.2 Å². The molecule has 0 bridgehead atoms. The first-order valence-electron chi connectivity index (χ1n) is 7.35. The van der Waals surface area contributed by atoms with Crippen molar-refractivity contribution < 1.29 is 27.8 Å². The molecule has 1 aromatic carbocycles. The van der Waals surface area contributed by atoms with Crippen LogP contribution in [0.15, 0.2) is 18.2 Å². The maximum Gasteiger partial charge on any atom is 0.387 e. The fourth-order valence-corrected chi connectivity index (χ4v) is 2.41. The van der Waals surface area contributed by atoms with Gasteiger partial charge >= 0.3 is 6.61 Å². The van der Waals surface area contributed by atoms with Crippen molar-refractivity contribution in [1.82, 2.24) is 4.90 Å². The third kappa shape index (κ3) is 5.61. The van der Waals surface area contributed by atoms with Gasteiger partial charge in [0, 0.05) is 31.6 Å². The van der Waals surface area contributed by atoms with E-state index in [1.54, 1.807) is 4.90 Å². The summed E-state index contributed by atoms with van der Waals surface area (Å²) < 4.78 is 33.7. The highest BCUT2D eigenvalue weighted by Crippen LogP contribution is 2.29. The minimum absolute atomic E-state index is 0.0170. The molecular weight excluding hydrogens is 346 g/mol. The monoisotopic (exact) mass is 362 g/mol. The number of hydrogen-bond acceptors (Lipinski definition) is 4. The van der Waals surface area contributed by atoms with Crippen LogP contribution in [0.5, 0.6) is 5.75 Å². The van der Waals surface area contributed by atoms with Crippen molar-refractivity contribution in [3.05, 3.63) is 23.2 Å². The second-order valence-electron chi connectivity index (χ2n) is 5.07. The van der Waals surface area contributed by atoms with Crippen molar-refractivity contribution in [2.24, 2.45) is 0 Å². The molecule has 2 rings (SSSR count). The van der Waals surface area contributed by atoms with E-state index in [-0.39, 0.29) is 35.4 Å². The number of amides is 2. The number of carbonyl (C=O) groups is 2. The van der Waals surface area contributed by atoms with Gasteiger partial charge < -0.3 is 19.7 Å². The van der Waals surface area contributed by atoms with Crippen molar-refractivity contribution in [2.45, 2.75) is 19.5 Å². The first kappa shape index (κ1) is 18.4. The minimum Gasteiger partial charge on any atom is -0.433 e. The van der Waals surface area contributed by atoms with Crippen LogP contribution in [-0.4, -0.2) is 49.6 Å². The molecule has 1 N–H and O–H groups in total. The number of halogens is 3. The van der Waals surface area contributed by atoms with Gasteiger partial charge in [0.25, 0.3) is 0 Å². The molecular formula is C15H17ClF2N2O4. The molecule has 1 aromatic rings. The largest absolute Gasteiger partial charge is 0.433 e. The number of carbonyl (C=O) groups excluding carboxylic acids is 2. The Bertz CT molecular complexity index is 595. The summed E-state index contributed by atoms with van der Waals surface area (Å²) in [4.78, 5) is 25.5. The van der Waals surface area contributed by atoms with E-state index in [0.29, 0.717) is 32.0 Å². The summed E-state index contributed by atoms with van der Waals surface area (Å²) in [7, 11) is 0. The Morgan fingerprint density at radius 2 is 2.00 bits per heavy atom. The van der Waals surface area contributed by atoms with Crippen LogP contribution in [-0.2, 0) is 14.3 Å². The molecule has 0 saturated carbocycles. The standard InChI is InChI=1S/C15H17ClF2N2O4/c16-11-9-10(1-2-12(11)24-15(17)18)19-13(21)3-4-14(22)20-5-7-23-8-6-20/h1-2,9,15H,3-8H2,(H,19,21). The Morgan fingerprint density at radius 1 is 1.29 bits per heavy atom. The van der Waals surface area contributed by atoms with Crippen LogP contribution in [0.3, 0.4) is 0 Å². The van der Waals surface area contributed by atoms with E-state index < -0.39 is 6.61 Å². The molecule has 1 heterocycles. The highest BCUT2D eigenvalue weighted by molar-refractivity contribution is 6.32. The first-order chi connectivity index (χ1) is 11.5. The predicted octanol–water partition coefficient (Wildman–Crippen LogP) is 2.52. The smallest absolute Gasteiger partial charge is 0.387 e. The molecule has 1 aliphatic rings. The zero-order chi connectivity index (χ0) is 17.5. The molecule has 0 aromatic heterocycles. The Balaban J connectivity index is 1.81. The topological polar surface area (TPSA) is 67.9 Å². The number of rotatable bonds is 6. The van der Waals surface area contributed by atoms with Gasteiger partial charge in [-0.15, -0.1) is 0 Å². The molecule has 0 unspecified atom stereocenters. The number of hydrogen-bond donors (Lipinski definition) is 1. The van der Waals surface area contributed by atoms with Crippen molar-refractivity contribution in [3.63, 3.8) is 0 Å². The highest BCUT2D eigenvalue weighted by Gasteiger charge is 2.18. The van der Waals surface area contributed by atoms with Crippen LogP contribution in [0.4, 0.5) is 14.5 Å². The molecule has 1 saturated heterocycles. The summed E-state index contributed by atoms with van der Waals surface area (Å²) in [5.41, 5.74) is 0.338. The Hall–Kier alpha value is -1.93. The van der Waals surface area contributed by atoms with Crippen molar-refractivity contribution in [1.29, 1.82) is 0 Å². The van der Waals surface area contributed by atoms with Crippen LogP contribution < -0.4 is 10.1 Å². The van der Waals surface area contributed by atoms with Crippen LogP contribution in [0.25, 0.3) is 0 Å². The lowest BCUT2D eigenvalue weighted by Crippen LogP contribution is -2.40. The Morgan fingerprint density at radius 3 is 2.62 bits per heavy atom. The molecule has 2 amide bonds. The van der Waals surface area contributed by atoms with E-state index in [0.717, 1.165) is 0 Å². The van der Waals surface area contributed by atoms with Crippen molar-refractivity contribution >= 4 is 29.1 Å². The summed E-state index contributed by atoms with van der Waals surface area (Å²) in [6, 6.07) is 3.94. The lowest BCUT2D eigenvalue weighted by Gasteiger charge is -2.26. The molecule has 132 valence electrons. The lowest BCUT2D eigenvalue weighted by molar-refractivity contribution is -0.136. The Kier molecular flexibility index (Phi) is 6.74. The van der Waals surface area contributed by atoms with E-state index in [1.165, 1.54) is 18.2 Å². The minimum atomic E-state index is -2.98. The van der Waals surface area contributed by atoms with Gasteiger partial charge in [-0.25, -0.2) is 0 Å². The van der Waals surface area contributed by atoms with Gasteiger partial charge in [0.2, 0.25) is 11.8 Å². The summed E-state index contributed by atoms with van der Waals surface area (Å²) in [5.74, 6) is -0.644. The SMILES string of the molecule is O=C(CCC(=O)N1CCOCC1)Nc1ccc(OC(F)F)c(Cl)c1. The number of alkyl halides is 2. The van der Waals surface area contributed by atoms with Crippen LogP contribution in [0, 0.1) is 0 Å². The van der Waals surface area contributed by atoms with E-state index in [4.69, 9.17) is 16.3 Å². The third-order valence-electron chi connectivity index (χ3n) is 3.36. The second kappa shape index (κ2) is 8.79. The maximum atomic E-state index is 12.1. The third-order valence-corrected chi connectivity index (χ3v) is 3.66. The molecule has 6 nitrogen and oxygen atoms in total. The predicted molar refractivity (Wildman–Crippen MR) is 83.3 cm³/mol. The van der Waals surface area contributed by atoms with Crippen LogP contribution >= 0.6 is 11.6 Å². The number of morpholine rings is 1. The number of anilines is 1. The van der Waals surface area contributed by atoms with Crippen molar-refractivity contribution in [2.75, 3.05) is 31.6 Å². The van der Waals surface area contributed by atoms with E-state index in [1.807, 2.05) is 0 Å². The van der Waals surface area contributed by atoms with Crippen LogP contribution in [0.2, 0.25) is 5.02 Å². The molecule has 0 radical (unpaired) electrons. The summed E-state index contributed by atoms with van der Waals surface area (Å²) >= 11 is 5.80. The zero-order valence-electron chi connectivity index (χ0n) is 12.8. The van der Waals surface area contributed by atoms with Gasteiger partial charge in [-0.2, -0.15) is 8.78 Å². The van der Waals surface area contributed by atoms with Crippen molar-refractivity contribution in [3.8, 4) is 5.75 Å². The van der Waals surface area contributed by atoms with Gasteiger partial charge in [-0.3, -0.25) is 9.59 Å². The second-order valence-corrected chi connectivity index (χ2v) is 5.47. The summed E-state index contributed by atoms with van der Waals surface area (Å²) in [6.45, 7) is -0.912. The Labute approximate surface area is 142 Å². The molecule has 1 fully saturated rings. The highest BCUT2D eigenvalue weighted by atomic mass is 35.5. The summed E-state index contributed by atoms with van der Waals surface area (Å²) in [5, 5.41) is 2.52. The van der Waals surface area contributed by atoms with Gasteiger partial charge in [0.05, 0.1) is 18.2 Å². The number of nitrogens with one attached hydrogen (secondary N) is 1. The maximum absolute atomic E-state index is 12.1. The molecule has 0 aliphatic carbocycles. The fraction of sp³-hybridized carbons (Fsp3) is 0.467. The number of benzene rings is 1. The van der Waals surface area contributed by atoms with E-state index in [2.05, 4.69) is 10.1 Å². The van der Waals surface area contributed by atoms with Crippen LogP contribution in [0.1, 0.15) is 12.8 Å². The van der Waals surface area contributed by atoms with Gasteiger partial charge in [0.15, 0.2) is 0 Å². The fourth-order valence-electron chi connectivity index (χ4n) is 2.18. The molecule has 9 heteroatoms. The lowest BCUT2D eigenvalue weighted by atomic mass is 10.2. The summed E-state index contributed by atoms with van der Waals surface area (Å²) in [6.07, 6.45) is 0.106. The molecule has 24 heavy (non-hydrogen) atoms. The first-order valence-corrected chi connectivity index (χ1v) is 7.73. The average Bonchev–Trinajstić information content (AvgIpc) is 2.55. The molecule has 0 spiro atoms. The number of nitrogens with zero attached hydrogens (tertiary/aromatic N) is 1. The quantitative estimate of drug-likeness (QED) is 0.844. The van der Waals surface area contributed by atoms with Gasteiger partial charge in [0.1, 0.15) is 5.75 Å². The van der Waals surface area contributed by atoms with E-state index >= 15 is 0 Å². The average molecular weight is 363 g/mol. The number of ether oxygens (including phenoxy) is 2. The normalized spacial score (nSPS) is 14.6. The zero-order valence-corrected chi connectivity index (χ0v) is 13.5. The van der Waals surface area contributed by atoms with Gasteiger partial charge in [-0.1, -0.05) is 11.6 Å². The molecule has 1 aliphatic heterocycles.